The van der Waals surface area contributed by atoms with Gasteiger partial charge in [-0.25, -0.2) is 29.0 Å². The number of benzene rings is 4. The third-order valence-electron chi connectivity index (χ3n) is 15.6. The van der Waals surface area contributed by atoms with Crippen molar-refractivity contribution in [2.24, 2.45) is 0 Å². The van der Waals surface area contributed by atoms with Crippen LogP contribution in [0.5, 0.6) is 17.4 Å². The SMILES string of the molecule is CC(C)(C)c1ccnc(-n2c3ccccc3c3ccc(O)cc32)c1.Cc1cc2c3nc(Br)ccc3c3ncccc3n2n1.Cc1cc2c3nc(Oc4ccc5c6ccccc6n(-c6cc(C(C)(C)C)ccn6)c5c4)ccc3c3ncccc3n2n1. The van der Waals surface area contributed by atoms with Gasteiger partial charge in [0.1, 0.15) is 33.3 Å². The van der Waals surface area contributed by atoms with E-state index in [-0.39, 0.29) is 16.6 Å². The highest BCUT2D eigenvalue weighted by molar-refractivity contribution is 9.10. The highest BCUT2D eigenvalue weighted by Crippen LogP contribution is 2.38. The number of hydrogen-bond acceptors (Lipinski definition) is 10. The fourth-order valence-corrected chi connectivity index (χ4v) is 11.9. The minimum absolute atomic E-state index is 0.00674. The van der Waals surface area contributed by atoms with Crippen LogP contribution in [0.4, 0.5) is 0 Å². The first-order valence-corrected chi connectivity index (χ1v) is 28.9. The number of ether oxygens (including phenoxy) is 1. The van der Waals surface area contributed by atoms with Gasteiger partial charge in [0.2, 0.25) is 5.88 Å². The summed E-state index contributed by atoms with van der Waals surface area (Å²) in [5.41, 5.74) is 16.0. The zero-order chi connectivity index (χ0) is 58.5. The number of rotatable bonds is 4. The quantitative estimate of drug-likeness (QED) is 0.133. The Balaban J connectivity index is 0.000000125. The van der Waals surface area contributed by atoms with E-state index in [0.717, 1.165) is 121 Å². The maximum Gasteiger partial charge on any atom is 0.219 e. The largest absolute Gasteiger partial charge is 0.508 e. The standard InChI is InChI=1S/C35H28N6O.C21H20N2O.C14H9BrN4/c1-21-18-30-34-26(33-28(41(30)39-21)10-7-16-37-33)13-14-32(38-34)42-23-11-12-25-24-8-5-6-9-27(24)40(29(25)20-23)31-19-22(15-17-36-31)35(2,3)4;1-21(2,3)14-10-11-22-20(12-14)23-18-7-5-4-6-16(18)17-9-8-15(24)13-19(17)23;1-8-7-11-14-9(4-5-12(15)17-14)13-10(19(11)18-8)3-2-6-16-13/h5-20H,1-4H3;4-13,24H,1-3H3;2-7H,1H3. The average molecular weight is 1180 g/mol. The number of hydrogen-bond donors (Lipinski definition) is 1. The van der Waals surface area contributed by atoms with Gasteiger partial charge >= 0.3 is 0 Å². The topological polar surface area (TPSA) is 151 Å². The lowest BCUT2D eigenvalue weighted by Crippen LogP contribution is -2.12. The van der Waals surface area contributed by atoms with Gasteiger partial charge < -0.3 is 9.84 Å². The summed E-state index contributed by atoms with van der Waals surface area (Å²) in [6, 6.07) is 56.9. The lowest BCUT2D eigenvalue weighted by molar-refractivity contribution is 0.466. The van der Waals surface area contributed by atoms with E-state index in [9.17, 15) is 5.11 Å². The van der Waals surface area contributed by atoms with Crippen LogP contribution in [0.25, 0.3) is 110 Å². The van der Waals surface area contributed by atoms with E-state index in [1.54, 1.807) is 24.5 Å². The van der Waals surface area contributed by atoms with E-state index in [4.69, 9.17) is 19.8 Å². The molecular weight excluding hydrogens is 1120 g/mol. The van der Waals surface area contributed by atoms with Gasteiger partial charge in [0.15, 0.2) is 0 Å². The van der Waals surface area contributed by atoms with Gasteiger partial charge in [0.25, 0.3) is 0 Å². The molecule has 16 aromatic rings. The summed E-state index contributed by atoms with van der Waals surface area (Å²) < 4.78 is 15.4. The second-order valence-electron chi connectivity index (χ2n) is 23.5. The molecule has 0 radical (unpaired) electrons. The molecule has 416 valence electrons. The van der Waals surface area contributed by atoms with Gasteiger partial charge in [0, 0.05) is 75.3 Å². The van der Waals surface area contributed by atoms with Crippen molar-refractivity contribution < 1.29 is 9.84 Å². The predicted octanol–water partition coefficient (Wildman–Crippen LogP) is 17.0. The smallest absolute Gasteiger partial charge is 0.219 e. The number of phenolic OH excluding ortho intramolecular Hbond substituents is 1. The molecule has 0 unspecified atom stereocenters. The minimum Gasteiger partial charge on any atom is -0.508 e. The second kappa shape index (κ2) is 20.3. The van der Waals surface area contributed by atoms with Crippen LogP contribution in [-0.2, 0) is 10.8 Å². The van der Waals surface area contributed by atoms with E-state index in [2.05, 4.69) is 171 Å². The Morgan fingerprint density at radius 1 is 0.400 bits per heavy atom. The molecule has 0 saturated carbocycles. The Hall–Kier alpha value is -10.1. The summed E-state index contributed by atoms with van der Waals surface area (Å²) in [5.74, 6) is 3.23. The van der Waals surface area contributed by atoms with Crippen LogP contribution in [0.1, 0.15) is 64.1 Å². The fourth-order valence-electron chi connectivity index (χ4n) is 11.6. The lowest BCUT2D eigenvalue weighted by Gasteiger charge is -2.20. The number of fused-ring (bicyclic) bond motifs is 18. The molecule has 0 fully saturated rings. The van der Waals surface area contributed by atoms with Crippen LogP contribution in [0.2, 0.25) is 0 Å². The Bertz CT molecular complexity index is 5340. The van der Waals surface area contributed by atoms with E-state index >= 15 is 0 Å². The van der Waals surface area contributed by atoms with Crippen molar-refractivity contribution in [1.29, 1.82) is 0 Å². The summed E-state index contributed by atoms with van der Waals surface area (Å²) in [7, 11) is 0. The van der Waals surface area contributed by atoms with Crippen molar-refractivity contribution in [3.8, 4) is 29.0 Å². The molecule has 0 aliphatic heterocycles. The van der Waals surface area contributed by atoms with Gasteiger partial charge in [-0.15, -0.1) is 0 Å². The summed E-state index contributed by atoms with van der Waals surface area (Å²) in [6.45, 7) is 17.2. The number of aryl methyl sites for hydroxylation is 2. The van der Waals surface area contributed by atoms with Gasteiger partial charge in [-0.05, 0) is 167 Å². The number of aromatic hydroxyl groups is 1. The van der Waals surface area contributed by atoms with Crippen molar-refractivity contribution in [2.45, 2.75) is 66.2 Å². The van der Waals surface area contributed by atoms with E-state index in [1.165, 1.54) is 16.5 Å². The first-order valence-electron chi connectivity index (χ1n) is 28.1. The molecule has 16 rings (SSSR count). The number of halogens is 1. The molecule has 12 heterocycles. The normalized spacial score (nSPS) is 12.1. The second-order valence-corrected chi connectivity index (χ2v) is 24.3. The van der Waals surface area contributed by atoms with Crippen LogP contribution in [0.3, 0.4) is 0 Å². The molecular formula is C70H57BrN12O2. The lowest BCUT2D eigenvalue weighted by atomic mass is 9.88. The Morgan fingerprint density at radius 3 is 1.42 bits per heavy atom. The van der Waals surface area contributed by atoms with Gasteiger partial charge in [-0.3, -0.25) is 19.1 Å². The van der Waals surface area contributed by atoms with Crippen molar-refractivity contribution in [3.05, 3.63) is 222 Å². The van der Waals surface area contributed by atoms with Crippen LogP contribution in [-0.4, -0.2) is 63.4 Å². The monoisotopic (exact) mass is 1180 g/mol. The summed E-state index contributed by atoms with van der Waals surface area (Å²) >= 11 is 3.43. The van der Waals surface area contributed by atoms with Crippen molar-refractivity contribution in [3.63, 3.8) is 0 Å². The Morgan fingerprint density at radius 2 is 0.871 bits per heavy atom. The first kappa shape index (κ1) is 52.9. The molecule has 0 spiro atoms. The average Bonchev–Trinajstić information content (AvgIpc) is 2.30. The predicted molar refractivity (Wildman–Crippen MR) is 345 cm³/mol. The van der Waals surface area contributed by atoms with Gasteiger partial charge in [0.05, 0.1) is 72.1 Å². The molecule has 15 heteroatoms. The van der Waals surface area contributed by atoms with Crippen molar-refractivity contribution in [1.82, 2.24) is 58.3 Å². The zero-order valence-electron chi connectivity index (χ0n) is 48.1. The maximum absolute atomic E-state index is 9.98. The fraction of sp³-hybridized carbons (Fsp3) is 0.143. The van der Waals surface area contributed by atoms with Gasteiger partial charge in [-0.1, -0.05) is 77.9 Å². The molecule has 4 aromatic carbocycles. The summed E-state index contributed by atoms with van der Waals surface area (Å²) in [4.78, 5) is 28.1. The molecule has 0 aliphatic carbocycles. The highest BCUT2D eigenvalue weighted by atomic mass is 79.9. The first-order chi connectivity index (χ1) is 41.0. The van der Waals surface area contributed by atoms with Crippen LogP contribution in [0, 0.1) is 13.8 Å². The Labute approximate surface area is 496 Å². The number of nitrogens with zero attached hydrogens (tertiary/aromatic N) is 12. The van der Waals surface area contributed by atoms with E-state index < -0.39 is 0 Å². The minimum atomic E-state index is 0.00674. The summed E-state index contributed by atoms with van der Waals surface area (Å²) in [5, 5.41) is 25.8. The number of para-hydroxylation sites is 2. The van der Waals surface area contributed by atoms with Crippen LogP contribution in [0.15, 0.2) is 199 Å². The number of aromatic nitrogens is 12. The molecule has 0 atom stereocenters. The molecule has 12 aromatic heterocycles. The molecule has 1 N–H and O–H groups in total. The summed E-state index contributed by atoms with van der Waals surface area (Å²) in [6.07, 6.45) is 7.35. The molecule has 14 nitrogen and oxygen atoms in total. The number of pyridine rings is 8. The molecule has 0 amide bonds. The number of phenols is 1. The Kier molecular flexibility index (Phi) is 12.7. The van der Waals surface area contributed by atoms with E-state index in [0.29, 0.717) is 11.6 Å². The van der Waals surface area contributed by atoms with Crippen molar-refractivity contribution >= 4 is 114 Å². The molecule has 0 saturated heterocycles. The maximum atomic E-state index is 9.98. The van der Waals surface area contributed by atoms with E-state index in [1.807, 2.05) is 114 Å². The van der Waals surface area contributed by atoms with Gasteiger partial charge in [-0.2, -0.15) is 10.2 Å². The third-order valence-corrected chi connectivity index (χ3v) is 16.1. The zero-order valence-corrected chi connectivity index (χ0v) is 49.7. The molecule has 0 bridgehead atoms. The molecule has 0 aliphatic rings. The van der Waals surface area contributed by atoms with Crippen LogP contribution >= 0.6 is 15.9 Å². The third kappa shape index (κ3) is 9.37. The highest BCUT2D eigenvalue weighted by Gasteiger charge is 2.21. The van der Waals surface area contributed by atoms with Crippen molar-refractivity contribution in [2.75, 3.05) is 0 Å². The molecule has 85 heavy (non-hydrogen) atoms. The van der Waals surface area contributed by atoms with Crippen LogP contribution < -0.4 is 4.74 Å².